The predicted molar refractivity (Wildman–Crippen MR) is 56.5 cm³/mol. The highest BCUT2D eigenvalue weighted by Gasteiger charge is 2.12. The lowest BCUT2D eigenvalue weighted by Gasteiger charge is -2.00. The van der Waals surface area contributed by atoms with Gasteiger partial charge in [-0.1, -0.05) is 42.5 Å². The van der Waals surface area contributed by atoms with Gasteiger partial charge in [0.15, 0.2) is 0 Å². The third kappa shape index (κ3) is 3.32. The molecule has 0 aliphatic carbocycles. The van der Waals surface area contributed by atoms with Gasteiger partial charge in [-0.15, -0.1) is 0 Å². The van der Waals surface area contributed by atoms with E-state index in [1.54, 1.807) is 6.08 Å². The maximum Gasteiger partial charge on any atom is 0.271 e. The average molecular weight is 212 g/mol. The van der Waals surface area contributed by atoms with Crippen LogP contribution >= 0.6 is 0 Å². The highest BCUT2D eigenvalue weighted by atomic mass is 32.2. The van der Waals surface area contributed by atoms with Gasteiger partial charge < -0.3 is 0 Å². The van der Waals surface area contributed by atoms with E-state index in [2.05, 4.69) is 0 Å². The molecular weight excluding hydrogens is 200 g/mol. The van der Waals surface area contributed by atoms with E-state index in [-0.39, 0.29) is 0 Å². The lowest BCUT2D eigenvalue weighted by molar-refractivity contribution is 0.477. The van der Waals surface area contributed by atoms with Crippen molar-refractivity contribution >= 4 is 16.2 Å². The van der Waals surface area contributed by atoms with E-state index in [0.717, 1.165) is 5.56 Å². The molecule has 76 valence electrons. The van der Waals surface area contributed by atoms with Gasteiger partial charge in [-0.2, -0.15) is 8.42 Å². The molecule has 3 nitrogen and oxygen atoms in total. The van der Waals surface area contributed by atoms with E-state index in [4.69, 9.17) is 4.55 Å². The Labute approximate surface area is 83.8 Å². The average Bonchev–Trinajstić information content (AvgIpc) is 2.14. The topological polar surface area (TPSA) is 54.4 Å². The SMILES string of the molecule is CC(C=Cc1ccccc1)S(=O)(=O)O. The molecular formula is C10H12O3S. The zero-order chi connectivity index (χ0) is 10.6. The Hall–Kier alpha value is -1.13. The Bertz CT molecular complexity index is 406. The van der Waals surface area contributed by atoms with Gasteiger partial charge in [-0.25, -0.2) is 0 Å². The lowest BCUT2D eigenvalue weighted by Crippen LogP contribution is -2.12. The summed E-state index contributed by atoms with van der Waals surface area (Å²) in [5, 5.41) is -0.872. The molecule has 4 heteroatoms. The molecule has 0 heterocycles. The lowest BCUT2D eigenvalue weighted by atomic mass is 10.2. The number of benzene rings is 1. The van der Waals surface area contributed by atoms with E-state index in [1.807, 2.05) is 30.3 Å². The van der Waals surface area contributed by atoms with Gasteiger partial charge in [0.1, 0.15) is 5.25 Å². The Morgan fingerprint density at radius 1 is 1.29 bits per heavy atom. The predicted octanol–water partition coefficient (Wildman–Crippen LogP) is 1.98. The van der Waals surface area contributed by atoms with Crippen LogP contribution < -0.4 is 0 Å². The van der Waals surface area contributed by atoms with Crippen molar-refractivity contribution in [3.8, 4) is 0 Å². The summed E-state index contributed by atoms with van der Waals surface area (Å²) < 4.78 is 30.0. The molecule has 1 unspecified atom stereocenters. The van der Waals surface area contributed by atoms with Gasteiger partial charge in [0, 0.05) is 0 Å². The van der Waals surface area contributed by atoms with Crippen molar-refractivity contribution in [2.24, 2.45) is 0 Å². The van der Waals surface area contributed by atoms with Crippen LogP contribution in [0.4, 0.5) is 0 Å². The maximum atomic E-state index is 10.7. The van der Waals surface area contributed by atoms with Crippen molar-refractivity contribution in [3.05, 3.63) is 42.0 Å². The summed E-state index contributed by atoms with van der Waals surface area (Å²) in [5.74, 6) is 0. The molecule has 1 aromatic carbocycles. The van der Waals surface area contributed by atoms with Crippen LogP contribution in [0.3, 0.4) is 0 Å². The van der Waals surface area contributed by atoms with E-state index in [9.17, 15) is 8.42 Å². The number of hydrogen-bond donors (Lipinski definition) is 1. The van der Waals surface area contributed by atoms with Crippen LogP contribution in [-0.2, 0) is 10.1 Å². The normalized spacial score (nSPS) is 14.4. The Balaban J connectivity index is 2.75. The third-order valence-corrected chi connectivity index (χ3v) is 2.93. The maximum absolute atomic E-state index is 10.7. The Kier molecular flexibility index (Phi) is 3.43. The molecule has 0 fully saturated rings. The van der Waals surface area contributed by atoms with Gasteiger partial charge in [0.2, 0.25) is 0 Å². The molecule has 0 radical (unpaired) electrons. The van der Waals surface area contributed by atoms with Gasteiger partial charge in [-0.05, 0) is 12.5 Å². The Morgan fingerprint density at radius 2 is 1.86 bits per heavy atom. The van der Waals surface area contributed by atoms with E-state index in [1.165, 1.54) is 13.0 Å². The van der Waals surface area contributed by atoms with Gasteiger partial charge in [0.25, 0.3) is 10.1 Å². The van der Waals surface area contributed by atoms with Crippen LogP contribution in [0.25, 0.3) is 6.08 Å². The van der Waals surface area contributed by atoms with Crippen LogP contribution in [0.1, 0.15) is 12.5 Å². The molecule has 1 rings (SSSR count). The first kappa shape index (κ1) is 10.9. The minimum Gasteiger partial charge on any atom is -0.285 e. The highest BCUT2D eigenvalue weighted by molar-refractivity contribution is 7.86. The molecule has 0 aromatic heterocycles. The van der Waals surface area contributed by atoms with Crippen LogP contribution in [0.15, 0.2) is 36.4 Å². The van der Waals surface area contributed by atoms with E-state index in [0.29, 0.717) is 0 Å². The van der Waals surface area contributed by atoms with Crippen molar-refractivity contribution in [2.45, 2.75) is 12.2 Å². The molecule has 0 aliphatic heterocycles. The molecule has 0 saturated heterocycles. The van der Waals surface area contributed by atoms with Crippen molar-refractivity contribution in [2.75, 3.05) is 0 Å². The zero-order valence-corrected chi connectivity index (χ0v) is 8.61. The van der Waals surface area contributed by atoms with Crippen LogP contribution in [0.2, 0.25) is 0 Å². The number of rotatable bonds is 3. The minimum absolute atomic E-state index is 0.872. The molecule has 1 aromatic rings. The molecule has 0 spiro atoms. The molecule has 0 bridgehead atoms. The second-order valence-corrected chi connectivity index (χ2v) is 4.76. The van der Waals surface area contributed by atoms with Crippen LogP contribution in [0, 0.1) is 0 Å². The van der Waals surface area contributed by atoms with Crippen molar-refractivity contribution in [1.29, 1.82) is 0 Å². The van der Waals surface area contributed by atoms with Crippen LogP contribution in [-0.4, -0.2) is 18.2 Å². The quantitative estimate of drug-likeness (QED) is 0.779. The van der Waals surface area contributed by atoms with Crippen molar-refractivity contribution < 1.29 is 13.0 Å². The smallest absolute Gasteiger partial charge is 0.271 e. The first-order valence-corrected chi connectivity index (χ1v) is 5.70. The molecule has 14 heavy (non-hydrogen) atoms. The standard InChI is InChI=1S/C10H12O3S/c1-9(14(11,12)13)7-8-10-5-3-2-4-6-10/h2-9H,1H3,(H,11,12,13). The second kappa shape index (κ2) is 4.39. The summed E-state index contributed by atoms with van der Waals surface area (Å²) in [6.07, 6.45) is 3.11. The number of hydrogen-bond acceptors (Lipinski definition) is 2. The van der Waals surface area contributed by atoms with Crippen molar-refractivity contribution in [1.82, 2.24) is 0 Å². The van der Waals surface area contributed by atoms with Gasteiger partial charge in [0.05, 0.1) is 0 Å². The highest BCUT2D eigenvalue weighted by Crippen LogP contribution is 2.05. The summed E-state index contributed by atoms with van der Waals surface area (Å²) in [4.78, 5) is 0. The molecule has 1 N–H and O–H groups in total. The van der Waals surface area contributed by atoms with E-state index >= 15 is 0 Å². The largest absolute Gasteiger partial charge is 0.285 e. The fourth-order valence-electron chi connectivity index (χ4n) is 0.910. The molecule has 0 saturated carbocycles. The molecule has 1 atom stereocenters. The van der Waals surface area contributed by atoms with Gasteiger partial charge >= 0.3 is 0 Å². The summed E-state index contributed by atoms with van der Waals surface area (Å²) in [5.41, 5.74) is 0.906. The fourth-order valence-corrected chi connectivity index (χ4v) is 1.19. The van der Waals surface area contributed by atoms with Crippen LogP contribution in [0.5, 0.6) is 0 Å². The first-order valence-electron chi connectivity index (χ1n) is 4.19. The summed E-state index contributed by atoms with van der Waals surface area (Å²) in [6, 6.07) is 9.31. The van der Waals surface area contributed by atoms with E-state index < -0.39 is 15.4 Å². The van der Waals surface area contributed by atoms with Crippen molar-refractivity contribution in [3.63, 3.8) is 0 Å². The summed E-state index contributed by atoms with van der Waals surface area (Å²) in [6.45, 7) is 1.43. The monoisotopic (exact) mass is 212 g/mol. The summed E-state index contributed by atoms with van der Waals surface area (Å²) in [7, 11) is -3.96. The third-order valence-electron chi connectivity index (χ3n) is 1.83. The Morgan fingerprint density at radius 3 is 2.36 bits per heavy atom. The van der Waals surface area contributed by atoms with Gasteiger partial charge in [-0.3, -0.25) is 4.55 Å². The molecule has 0 aliphatic rings. The first-order chi connectivity index (χ1) is 6.50. The minimum atomic E-state index is -3.96. The zero-order valence-electron chi connectivity index (χ0n) is 7.79. The second-order valence-electron chi connectivity index (χ2n) is 2.99. The molecule has 0 amide bonds. The summed E-state index contributed by atoms with van der Waals surface area (Å²) >= 11 is 0. The fraction of sp³-hybridized carbons (Fsp3) is 0.200.